The minimum Gasteiger partial charge on any atom is -0.465 e. The fraction of sp³-hybridized carbons (Fsp3) is 0.250. The molecule has 1 aromatic rings. The summed E-state index contributed by atoms with van der Waals surface area (Å²) in [5, 5.41) is 3.36. The van der Waals surface area contributed by atoms with Gasteiger partial charge in [-0.15, -0.1) is 0 Å². The normalized spacial score (nSPS) is 10.1. The molecule has 0 radical (unpaired) electrons. The number of rotatable bonds is 5. The lowest BCUT2D eigenvalue weighted by Gasteiger charge is -2.01. The first kappa shape index (κ1) is 13.7. The maximum atomic E-state index is 13.2. The molecule has 0 spiro atoms. The molecule has 0 aromatic heterocycles. The van der Waals surface area contributed by atoms with Crippen LogP contribution in [-0.4, -0.2) is 19.6 Å². The molecule has 0 amide bonds. The summed E-state index contributed by atoms with van der Waals surface area (Å²) in [6.45, 7) is 0.339. The molecule has 0 atom stereocenters. The second-order valence-corrected chi connectivity index (χ2v) is 3.41. The molecule has 0 aliphatic carbocycles. The number of benzene rings is 1. The van der Waals surface area contributed by atoms with Crippen molar-refractivity contribution in [2.24, 2.45) is 5.11 Å². The third-order valence-corrected chi connectivity index (χ3v) is 2.11. The standard InChI is InChI=1S/C12H12FN3O2/c1-18-12(17)10-6-9(7-11(13)8-10)4-2-3-5-15-16-14/h2,4,6-8H,3,5H2,1H3. The van der Waals surface area contributed by atoms with Crippen molar-refractivity contribution >= 4 is 12.0 Å². The summed E-state index contributed by atoms with van der Waals surface area (Å²) < 4.78 is 17.8. The van der Waals surface area contributed by atoms with Gasteiger partial charge in [-0.2, -0.15) is 0 Å². The van der Waals surface area contributed by atoms with Gasteiger partial charge >= 0.3 is 5.97 Å². The van der Waals surface area contributed by atoms with Gasteiger partial charge in [0, 0.05) is 11.5 Å². The highest BCUT2D eigenvalue weighted by atomic mass is 19.1. The summed E-state index contributed by atoms with van der Waals surface area (Å²) in [6.07, 6.45) is 3.95. The van der Waals surface area contributed by atoms with Crippen molar-refractivity contribution in [3.8, 4) is 0 Å². The Morgan fingerprint density at radius 3 is 3.00 bits per heavy atom. The zero-order valence-electron chi connectivity index (χ0n) is 9.84. The van der Waals surface area contributed by atoms with Crippen molar-refractivity contribution in [2.45, 2.75) is 6.42 Å². The molecular weight excluding hydrogens is 237 g/mol. The van der Waals surface area contributed by atoms with Crippen molar-refractivity contribution in [1.82, 2.24) is 0 Å². The Hall–Kier alpha value is -2.33. The molecule has 0 aliphatic heterocycles. The summed E-state index contributed by atoms with van der Waals surface area (Å²) in [7, 11) is 1.24. The van der Waals surface area contributed by atoms with Gasteiger partial charge in [-0.1, -0.05) is 17.3 Å². The molecule has 0 aliphatic rings. The number of halogens is 1. The molecule has 0 fully saturated rings. The predicted molar refractivity (Wildman–Crippen MR) is 65.4 cm³/mol. The van der Waals surface area contributed by atoms with Gasteiger partial charge in [-0.3, -0.25) is 0 Å². The van der Waals surface area contributed by atoms with Gasteiger partial charge in [0.05, 0.1) is 12.7 Å². The van der Waals surface area contributed by atoms with Gasteiger partial charge in [0.2, 0.25) is 0 Å². The molecule has 0 N–H and O–H groups in total. The Morgan fingerprint density at radius 1 is 1.56 bits per heavy atom. The van der Waals surface area contributed by atoms with Gasteiger partial charge in [0.1, 0.15) is 5.82 Å². The Kier molecular flexibility index (Phi) is 5.41. The SMILES string of the molecule is COC(=O)c1cc(F)cc(C=CCCN=[N+]=[N-])c1. The van der Waals surface area contributed by atoms with Crippen LogP contribution in [0.25, 0.3) is 16.5 Å². The first-order valence-electron chi connectivity index (χ1n) is 5.23. The van der Waals surface area contributed by atoms with E-state index in [1.807, 2.05) is 0 Å². The topological polar surface area (TPSA) is 75.1 Å². The molecule has 1 aromatic carbocycles. The number of esters is 1. The minimum atomic E-state index is -0.585. The Labute approximate surface area is 104 Å². The number of azide groups is 1. The van der Waals surface area contributed by atoms with Crippen LogP contribution in [0.1, 0.15) is 22.3 Å². The number of hydrogen-bond donors (Lipinski definition) is 0. The monoisotopic (exact) mass is 249 g/mol. The predicted octanol–water partition coefficient (Wildman–Crippen LogP) is 3.33. The van der Waals surface area contributed by atoms with E-state index in [-0.39, 0.29) is 5.56 Å². The second-order valence-electron chi connectivity index (χ2n) is 3.41. The summed E-state index contributed by atoms with van der Waals surface area (Å²) >= 11 is 0. The second kappa shape index (κ2) is 7.09. The van der Waals surface area contributed by atoms with Crippen LogP contribution < -0.4 is 0 Å². The molecule has 94 valence electrons. The molecule has 0 heterocycles. The van der Waals surface area contributed by atoms with E-state index in [0.29, 0.717) is 18.5 Å². The van der Waals surface area contributed by atoms with Crippen LogP contribution in [-0.2, 0) is 4.74 Å². The van der Waals surface area contributed by atoms with Crippen LogP contribution in [0, 0.1) is 5.82 Å². The first-order valence-corrected chi connectivity index (χ1v) is 5.23. The van der Waals surface area contributed by atoms with E-state index < -0.39 is 11.8 Å². The fourth-order valence-corrected chi connectivity index (χ4v) is 1.34. The maximum absolute atomic E-state index is 13.2. The van der Waals surface area contributed by atoms with Crippen molar-refractivity contribution in [3.05, 3.63) is 51.7 Å². The van der Waals surface area contributed by atoms with Crippen molar-refractivity contribution in [3.63, 3.8) is 0 Å². The maximum Gasteiger partial charge on any atom is 0.337 e. The van der Waals surface area contributed by atoms with Gasteiger partial charge in [0.25, 0.3) is 0 Å². The van der Waals surface area contributed by atoms with E-state index >= 15 is 0 Å². The summed E-state index contributed by atoms with van der Waals surface area (Å²) in [5.41, 5.74) is 8.79. The number of carbonyl (C=O) groups excluding carboxylic acids is 1. The summed E-state index contributed by atoms with van der Waals surface area (Å²) in [5.74, 6) is -1.09. The minimum absolute atomic E-state index is 0.159. The average Bonchev–Trinajstić information content (AvgIpc) is 2.37. The third kappa shape index (κ3) is 4.27. The number of carbonyl (C=O) groups is 1. The van der Waals surface area contributed by atoms with Gasteiger partial charge < -0.3 is 4.74 Å². The van der Waals surface area contributed by atoms with Crippen LogP contribution in [0.2, 0.25) is 0 Å². The average molecular weight is 249 g/mol. The quantitative estimate of drug-likeness (QED) is 0.264. The van der Waals surface area contributed by atoms with Crippen LogP contribution in [0.5, 0.6) is 0 Å². The van der Waals surface area contributed by atoms with E-state index in [1.54, 1.807) is 12.2 Å². The van der Waals surface area contributed by atoms with Gasteiger partial charge in [0.15, 0.2) is 0 Å². The molecule has 0 saturated carbocycles. The summed E-state index contributed by atoms with van der Waals surface area (Å²) in [6, 6.07) is 3.94. The summed E-state index contributed by atoms with van der Waals surface area (Å²) in [4.78, 5) is 13.9. The zero-order valence-corrected chi connectivity index (χ0v) is 9.84. The highest BCUT2D eigenvalue weighted by Gasteiger charge is 2.07. The van der Waals surface area contributed by atoms with Crippen LogP contribution in [0.15, 0.2) is 29.4 Å². The number of methoxy groups -OCH3 is 1. The first-order chi connectivity index (χ1) is 8.67. The lowest BCUT2D eigenvalue weighted by Crippen LogP contribution is -2.02. The Bertz CT molecular complexity index is 508. The molecule has 18 heavy (non-hydrogen) atoms. The number of ether oxygens (including phenoxy) is 1. The van der Waals surface area contributed by atoms with Crippen LogP contribution in [0.3, 0.4) is 0 Å². The Morgan fingerprint density at radius 2 is 2.33 bits per heavy atom. The van der Waals surface area contributed by atoms with Crippen LogP contribution in [0.4, 0.5) is 4.39 Å². The largest absolute Gasteiger partial charge is 0.465 e. The molecule has 6 heteroatoms. The molecule has 1 rings (SSSR count). The highest BCUT2D eigenvalue weighted by Crippen LogP contribution is 2.12. The van der Waals surface area contributed by atoms with E-state index in [2.05, 4.69) is 14.8 Å². The number of hydrogen-bond acceptors (Lipinski definition) is 3. The highest BCUT2D eigenvalue weighted by molar-refractivity contribution is 5.90. The third-order valence-electron chi connectivity index (χ3n) is 2.11. The molecule has 0 bridgehead atoms. The fourth-order valence-electron chi connectivity index (χ4n) is 1.34. The lowest BCUT2D eigenvalue weighted by molar-refractivity contribution is 0.0600. The van der Waals surface area contributed by atoms with E-state index in [4.69, 9.17) is 5.53 Å². The van der Waals surface area contributed by atoms with Crippen molar-refractivity contribution in [1.29, 1.82) is 0 Å². The molecule has 0 saturated heterocycles. The van der Waals surface area contributed by atoms with E-state index in [0.717, 1.165) is 6.07 Å². The van der Waals surface area contributed by atoms with Gasteiger partial charge in [-0.05, 0) is 35.7 Å². The van der Waals surface area contributed by atoms with E-state index in [1.165, 1.54) is 19.2 Å². The molecule has 0 unspecified atom stereocenters. The number of nitrogens with zero attached hydrogens (tertiary/aromatic N) is 3. The zero-order chi connectivity index (χ0) is 13.4. The lowest BCUT2D eigenvalue weighted by atomic mass is 10.1. The Balaban J connectivity index is 2.79. The molecule has 5 nitrogen and oxygen atoms in total. The molecular formula is C12H12FN3O2. The van der Waals surface area contributed by atoms with E-state index in [9.17, 15) is 9.18 Å². The van der Waals surface area contributed by atoms with Crippen molar-refractivity contribution in [2.75, 3.05) is 13.7 Å². The van der Waals surface area contributed by atoms with Gasteiger partial charge in [-0.25, -0.2) is 9.18 Å². The van der Waals surface area contributed by atoms with Crippen LogP contribution >= 0.6 is 0 Å². The smallest absolute Gasteiger partial charge is 0.337 e. The van der Waals surface area contributed by atoms with Crippen molar-refractivity contribution < 1.29 is 13.9 Å².